The number of ether oxygens (including phenoxy) is 1. The predicted molar refractivity (Wildman–Crippen MR) is 53.0 cm³/mol. The number of hydrogen-bond acceptors (Lipinski definition) is 3. The monoisotopic (exact) mass is 227 g/mol. The van der Waals surface area contributed by atoms with E-state index in [-0.39, 0.29) is 5.75 Å². The molecule has 1 amide bonds. The van der Waals surface area contributed by atoms with Crippen molar-refractivity contribution in [1.29, 1.82) is 0 Å². The summed E-state index contributed by atoms with van der Waals surface area (Å²) in [5, 5.41) is 2.04. The molecule has 0 saturated heterocycles. The molecule has 14 heavy (non-hydrogen) atoms. The summed E-state index contributed by atoms with van der Waals surface area (Å²) in [5.74, 6) is -0.128. The van der Waals surface area contributed by atoms with Crippen molar-refractivity contribution in [3.63, 3.8) is 0 Å². The summed E-state index contributed by atoms with van der Waals surface area (Å²) in [6.07, 6.45) is -3.49. The highest BCUT2D eigenvalue weighted by Gasteiger charge is 2.24. The Labute approximate surface area is 87.6 Å². The first kappa shape index (κ1) is 13.5. The second kappa shape index (κ2) is 5.38. The third-order valence-electron chi connectivity index (χ3n) is 1.20. The number of nitrogens with one attached hydrogen (secondary N) is 1. The number of carbonyl (C=O) groups excluding carboxylic acids is 1. The minimum Gasteiger partial charge on any atom is -0.444 e. The van der Waals surface area contributed by atoms with Crippen molar-refractivity contribution in [3.05, 3.63) is 0 Å². The van der Waals surface area contributed by atoms with Gasteiger partial charge in [-0.2, -0.15) is 12.6 Å². The Kier molecular flexibility index (Phi) is 5.18. The summed E-state index contributed by atoms with van der Waals surface area (Å²) in [6, 6.07) is -1.27. The fourth-order valence-electron chi connectivity index (χ4n) is 0.647. The van der Waals surface area contributed by atoms with E-state index in [1.54, 1.807) is 20.8 Å². The second-order valence-corrected chi connectivity index (χ2v) is 4.13. The SMILES string of the molecule is CC(C)(C)OC(=O)NC(CS)C(F)F. The van der Waals surface area contributed by atoms with Crippen molar-refractivity contribution in [3.8, 4) is 0 Å². The number of amides is 1. The summed E-state index contributed by atoms with van der Waals surface area (Å²) in [5.41, 5.74) is -0.687. The first-order valence-electron chi connectivity index (χ1n) is 4.15. The average molecular weight is 227 g/mol. The molecule has 0 aromatic rings. The molecule has 0 aliphatic carbocycles. The highest BCUT2D eigenvalue weighted by atomic mass is 32.1. The van der Waals surface area contributed by atoms with Gasteiger partial charge in [-0.3, -0.25) is 0 Å². The number of carbonyl (C=O) groups is 1. The highest BCUT2D eigenvalue weighted by molar-refractivity contribution is 7.80. The van der Waals surface area contributed by atoms with Gasteiger partial charge in [0.1, 0.15) is 11.6 Å². The van der Waals surface area contributed by atoms with E-state index < -0.39 is 24.2 Å². The van der Waals surface area contributed by atoms with Crippen molar-refractivity contribution in [2.75, 3.05) is 5.75 Å². The Balaban J connectivity index is 4.04. The van der Waals surface area contributed by atoms with Gasteiger partial charge in [-0.25, -0.2) is 13.6 Å². The van der Waals surface area contributed by atoms with Gasteiger partial charge >= 0.3 is 6.09 Å². The first-order valence-corrected chi connectivity index (χ1v) is 4.78. The Hall–Kier alpha value is -0.520. The third kappa shape index (κ3) is 6.01. The third-order valence-corrected chi connectivity index (χ3v) is 1.60. The van der Waals surface area contributed by atoms with Crippen LogP contribution in [0.2, 0.25) is 0 Å². The number of rotatable bonds is 3. The molecule has 0 bridgehead atoms. The summed E-state index contributed by atoms with van der Waals surface area (Å²) in [4.78, 5) is 11.0. The maximum Gasteiger partial charge on any atom is 0.408 e. The van der Waals surface area contributed by atoms with Crippen LogP contribution in [0.25, 0.3) is 0 Å². The van der Waals surface area contributed by atoms with Crippen molar-refractivity contribution in [2.24, 2.45) is 0 Å². The number of thiol groups is 1. The van der Waals surface area contributed by atoms with E-state index in [4.69, 9.17) is 4.74 Å². The normalized spacial score (nSPS) is 13.9. The zero-order valence-corrected chi connectivity index (χ0v) is 9.28. The van der Waals surface area contributed by atoms with Gasteiger partial charge in [0.15, 0.2) is 0 Å². The Morgan fingerprint density at radius 3 is 2.29 bits per heavy atom. The molecular formula is C8H15F2NO2S. The standard InChI is InChI=1S/C8H15F2NO2S/c1-8(2,3)13-7(12)11-5(4-14)6(9)10/h5-6,14H,4H2,1-3H3,(H,11,12). The van der Waals surface area contributed by atoms with E-state index in [1.165, 1.54) is 0 Å². The van der Waals surface area contributed by atoms with E-state index >= 15 is 0 Å². The second-order valence-electron chi connectivity index (χ2n) is 3.77. The number of halogens is 2. The Bertz CT molecular complexity index is 194. The van der Waals surface area contributed by atoms with Crippen LogP contribution in [0.1, 0.15) is 20.8 Å². The molecule has 3 nitrogen and oxygen atoms in total. The Morgan fingerprint density at radius 1 is 1.50 bits per heavy atom. The van der Waals surface area contributed by atoms with Crippen LogP contribution in [-0.4, -0.2) is 29.9 Å². The molecule has 0 spiro atoms. The zero-order valence-electron chi connectivity index (χ0n) is 8.38. The van der Waals surface area contributed by atoms with Gasteiger partial charge in [-0.15, -0.1) is 0 Å². The number of alkyl halides is 2. The van der Waals surface area contributed by atoms with E-state index in [0.717, 1.165) is 0 Å². The van der Waals surface area contributed by atoms with Crippen LogP contribution in [0, 0.1) is 0 Å². The summed E-state index contributed by atoms with van der Waals surface area (Å²) < 4.78 is 29.2. The summed E-state index contributed by atoms with van der Waals surface area (Å²) >= 11 is 3.69. The van der Waals surface area contributed by atoms with Crippen LogP contribution in [-0.2, 0) is 4.74 Å². The van der Waals surface area contributed by atoms with Crippen LogP contribution in [0.15, 0.2) is 0 Å². The summed E-state index contributed by atoms with van der Waals surface area (Å²) in [6.45, 7) is 4.97. The molecule has 0 saturated carbocycles. The lowest BCUT2D eigenvalue weighted by molar-refractivity contribution is 0.0401. The first-order chi connectivity index (χ1) is 6.26. The topological polar surface area (TPSA) is 38.3 Å². The molecule has 0 aliphatic rings. The van der Waals surface area contributed by atoms with Gasteiger partial charge in [-0.1, -0.05) is 0 Å². The predicted octanol–water partition coefficient (Wildman–Crippen LogP) is 2.07. The molecule has 1 unspecified atom stereocenters. The van der Waals surface area contributed by atoms with Crippen LogP contribution in [0.4, 0.5) is 13.6 Å². The van der Waals surface area contributed by atoms with Crippen molar-refractivity contribution in [2.45, 2.75) is 38.8 Å². The van der Waals surface area contributed by atoms with Crippen molar-refractivity contribution in [1.82, 2.24) is 5.32 Å². The van der Waals surface area contributed by atoms with Crippen molar-refractivity contribution < 1.29 is 18.3 Å². The molecule has 6 heteroatoms. The molecule has 0 fully saturated rings. The molecule has 1 N–H and O–H groups in total. The maximum atomic E-state index is 12.2. The molecular weight excluding hydrogens is 212 g/mol. The average Bonchev–Trinajstić information content (AvgIpc) is 1.96. The van der Waals surface area contributed by atoms with Gasteiger partial charge < -0.3 is 10.1 Å². The lowest BCUT2D eigenvalue weighted by Crippen LogP contribution is -2.43. The zero-order chi connectivity index (χ0) is 11.4. The lowest BCUT2D eigenvalue weighted by atomic mass is 10.2. The van der Waals surface area contributed by atoms with E-state index in [1.807, 2.05) is 5.32 Å². The van der Waals surface area contributed by atoms with Gasteiger partial charge in [0, 0.05) is 5.75 Å². The van der Waals surface area contributed by atoms with Crippen LogP contribution < -0.4 is 5.32 Å². The Morgan fingerprint density at radius 2 is 2.00 bits per heavy atom. The summed E-state index contributed by atoms with van der Waals surface area (Å²) in [7, 11) is 0. The minimum absolute atomic E-state index is 0.128. The molecule has 0 heterocycles. The van der Waals surface area contributed by atoms with Crippen LogP contribution in [0.3, 0.4) is 0 Å². The number of alkyl carbamates (subject to hydrolysis) is 1. The van der Waals surface area contributed by atoms with Gasteiger partial charge in [-0.05, 0) is 20.8 Å². The fraction of sp³-hybridized carbons (Fsp3) is 0.875. The molecule has 0 radical (unpaired) electrons. The molecule has 0 aromatic carbocycles. The fourth-order valence-corrected chi connectivity index (χ4v) is 0.898. The maximum absolute atomic E-state index is 12.2. The van der Waals surface area contributed by atoms with E-state index in [9.17, 15) is 13.6 Å². The molecule has 0 aliphatic heterocycles. The van der Waals surface area contributed by atoms with Gasteiger partial charge in [0.05, 0.1) is 0 Å². The molecule has 1 atom stereocenters. The molecule has 84 valence electrons. The van der Waals surface area contributed by atoms with Crippen LogP contribution in [0.5, 0.6) is 0 Å². The van der Waals surface area contributed by atoms with Gasteiger partial charge in [0.2, 0.25) is 0 Å². The minimum atomic E-state index is -2.64. The largest absolute Gasteiger partial charge is 0.444 e. The number of hydrogen-bond donors (Lipinski definition) is 2. The smallest absolute Gasteiger partial charge is 0.408 e. The highest BCUT2D eigenvalue weighted by Crippen LogP contribution is 2.08. The van der Waals surface area contributed by atoms with Gasteiger partial charge in [0.25, 0.3) is 6.43 Å². The van der Waals surface area contributed by atoms with E-state index in [2.05, 4.69) is 12.6 Å². The van der Waals surface area contributed by atoms with Crippen molar-refractivity contribution >= 4 is 18.7 Å². The van der Waals surface area contributed by atoms with E-state index in [0.29, 0.717) is 0 Å². The molecule has 0 rings (SSSR count). The van der Waals surface area contributed by atoms with Crippen LogP contribution >= 0.6 is 12.6 Å². The lowest BCUT2D eigenvalue weighted by Gasteiger charge is -2.22. The quantitative estimate of drug-likeness (QED) is 0.724. The molecule has 0 aromatic heterocycles.